The first-order valence-corrected chi connectivity index (χ1v) is 6.71. The fourth-order valence-electron chi connectivity index (χ4n) is 2.00. The molecule has 1 heterocycles. The van der Waals surface area contributed by atoms with E-state index in [1.54, 1.807) is 31.7 Å². The van der Waals surface area contributed by atoms with Crippen molar-refractivity contribution in [3.63, 3.8) is 0 Å². The Morgan fingerprint density at radius 1 is 1.48 bits per heavy atom. The van der Waals surface area contributed by atoms with Crippen LogP contribution >= 0.6 is 0 Å². The number of benzene rings is 1. The molecule has 7 nitrogen and oxygen atoms in total. The van der Waals surface area contributed by atoms with Gasteiger partial charge in [0.15, 0.2) is 0 Å². The van der Waals surface area contributed by atoms with Crippen LogP contribution in [-0.2, 0) is 13.1 Å². The number of hydrogen-bond acceptors (Lipinski definition) is 5. The van der Waals surface area contributed by atoms with Crippen LogP contribution in [0, 0.1) is 10.1 Å². The summed E-state index contributed by atoms with van der Waals surface area (Å²) in [6.07, 6.45) is 6.24. The van der Waals surface area contributed by atoms with Crippen LogP contribution in [0.5, 0.6) is 5.75 Å². The molecule has 0 saturated carbocycles. The van der Waals surface area contributed by atoms with Gasteiger partial charge < -0.3 is 14.6 Å². The van der Waals surface area contributed by atoms with Gasteiger partial charge >= 0.3 is 0 Å². The van der Waals surface area contributed by atoms with Crippen molar-refractivity contribution in [3.05, 3.63) is 52.6 Å². The Kier molecular flexibility index (Phi) is 5.28. The van der Waals surface area contributed by atoms with Crippen LogP contribution in [0.2, 0.25) is 0 Å². The predicted octanol–water partition coefficient (Wildman–Crippen LogP) is 1.98. The van der Waals surface area contributed by atoms with Gasteiger partial charge in [-0.25, -0.2) is 4.98 Å². The molecular formula is C14H18N4O3. The molecule has 1 N–H and O–H groups in total. The SMILES string of the molecule is CNCc1cc([N+](=O)[O-])ccc1OCCCn1ccnc1. The van der Waals surface area contributed by atoms with Gasteiger partial charge in [-0.2, -0.15) is 0 Å². The largest absolute Gasteiger partial charge is 0.493 e. The summed E-state index contributed by atoms with van der Waals surface area (Å²) in [6, 6.07) is 4.66. The third kappa shape index (κ3) is 4.28. The number of non-ortho nitro benzene ring substituents is 1. The van der Waals surface area contributed by atoms with Crippen molar-refractivity contribution < 1.29 is 9.66 Å². The average molecular weight is 290 g/mol. The lowest BCUT2D eigenvalue weighted by Gasteiger charge is -2.11. The highest BCUT2D eigenvalue weighted by atomic mass is 16.6. The minimum absolute atomic E-state index is 0.0750. The van der Waals surface area contributed by atoms with Crippen LogP contribution in [0.1, 0.15) is 12.0 Å². The Bertz CT molecular complexity index is 584. The first-order valence-electron chi connectivity index (χ1n) is 6.71. The molecule has 0 amide bonds. The van der Waals surface area contributed by atoms with Gasteiger partial charge in [-0.1, -0.05) is 0 Å². The zero-order valence-corrected chi connectivity index (χ0v) is 11.9. The molecule has 0 aliphatic carbocycles. The number of hydrogen-bond donors (Lipinski definition) is 1. The second-order valence-electron chi connectivity index (χ2n) is 4.58. The summed E-state index contributed by atoms with van der Waals surface area (Å²) in [5.74, 6) is 0.681. The highest BCUT2D eigenvalue weighted by Crippen LogP contribution is 2.24. The van der Waals surface area contributed by atoms with Crippen LogP contribution in [0.4, 0.5) is 5.69 Å². The fraction of sp³-hybridized carbons (Fsp3) is 0.357. The van der Waals surface area contributed by atoms with Crippen LogP contribution in [0.25, 0.3) is 0 Å². The Hall–Kier alpha value is -2.41. The Morgan fingerprint density at radius 3 is 3.00 bits per heavy atom. The number of ether oxygens (including phenoxy) is 1. The summed E-state index contributed by atoms with van der Waals surface area (Å²) in [5.41, 5.74) is 0.861. The smallest absolute Gasteiger partial charge is 0.270 e. The summed E-state index contributed by atoms with van der Waals surface area (Å²) in [4.78, 5) is 14.4. The molecule has 0 aliphatic heterocycles. The zero-order chi connectivity index (χ0) is 15.1. The standard InChI is InChI=1S/C14H18N4O3/c1-15-10-12-9-13(18(19)20)3-4-14(12)21-8-2-6-17-7-5-16-11-17/h3-5,7,9,11,15H,2,6,8,10H2,1H3. The third-order valence-corrected chi connectivity index (χ3v) is 3.00. The van der Waals surface area contributed by atoms with Crippen molar-refractivity contribution in [2.24, 2.45) is 0 Å². The van der Waals surface area contributed by atoms with Crippen molar-refractivity contribution in [2.45, 2.75) is 19.5 Å². The predicted molar refractivity (Wildman–Crippen MR) is 78.2 cm³/mol. The van der Waals surface area contributed by atoms with Crippen LogP contribution in [0.3, 0.4) is 0 Å². The van der Waals surface area contributed by atoms with E-state index in [0.717, 1.165) is 18.5 Å². The Morgan fingerprint density at radius 2 is 2.33 bits per heavy atom. The number of nitro benzene ring substituents is 1. The van der Waals surface area contributed by atoms with E-state index in [1.807, 2.05) is 10.8 Å². The average Bonchev–Trinajstić information content (AvgIpc) is 2.98. The molecule has 7 heteroatoms. The van der Waals surface area contributed by atoms with Gasteiger partial charge in [-0.05, 0) is 19.5 Å². The van der Waals surface area contributed by atoms with Crippen molar-refractivity contribution >= 4 is 5.69 Å². The van der Waals surface area contributed by atoms with Gasteiger partial charge in [-0.15, -0.1) is 0 Å². The van der Waals surface area contributed by atoms with E-state index in [1.165, 1.54) is 6.07 Å². The summed E-state index contributed by atoms with van der Waals surface area (Å²) in [7, 11) is 1.79. The van der Waals surface area contributed by atoms with Crippen LogP contribution < -0.4 is 10.1 Å². The number of imidazole rings is 1. The molecule has 1 aromatic heterocycles. The minimum Gasteiger partial charge on any atom is -0.493 e. The molecule has 0 saturated heterocycles. The van der Waals surface area contributed by atoms with E-state index in [4.69, 9.17) is 4.74 Å². The number of aromatic nitrogens is 2. The van der Waals surface area contributed by atoms with Crippen molar-refractivity contribution in [1.29, 1.82) is 0 Å². The lowest BCUT2D eigenvalue weighted by atomic mass is 10.1. The topological polar surface area (TPSA) is 82.2 Å². The van der Waals surface area contributed by atoms with Gasteiger partial charge in [0.1, 0.15) is 5.75 Å². The molecule has 112 valence electrons. The molecule has 0 atom stereocenters. The van der Waals surface area contributed by atoms with E-state index in [0.29, 0.717) is 18.9 Å². The first-order chi connectivity index (χ1) is 10.2. The minimum atomic E-state index is -0.401. The molecule has 21 heavy (non-hydrogen) atoms. The van der Waals surface area contributed by atoms with E-state index in [-0.39, 0.29) is 5.69 Å². The lowest BCUT2D eigenvalue weighted by Crippen LogP contribution is -2.09. The molecular weight excluding hydrogens is 272 g/mol. The van der Waals surface area contributed by atoms with Gasteiger partial charge in [0.2, 0.25) is 0 Å². The zero-order valence-electron chi connectivity index (χ0n) is 11.9. The maximum absolute atomic E-state index is 10.8. The maximum Gasteiger partial charge on any atom is 0.270 e. The summed E-state index contributed by atoms with van der Waals surface area (Å²) >= 11 is 0. The molecule has 0 bridgehead atoms. The number of aryl methyl sites for hydroxylation is 1. The number of nitrogens with one attached hydrogen (secondary N) is 1. The van der Waals surface area contributed by atoms with E-state index in [9.17, 15) is 10.1 Å². The molecule has 1 aromatic carbocycles. The molecule has 0 radical (unpaired) electrons. The Balaban J connectivity index is 1.93. The molecule has 2 rings (SSSR count). The van der Waals surface area contributed by atoms with Crippen LogP contribution in [0.15, 0.2) is 36.9 Å². The Labute approximate surface area is 122 Å². The molecule has 2 aromatic rings. The summed E-state index contributed by atoms with van der Waals surface area (Å²) < 4.78 is 7.71. The monoisotopic (exact) mass is 290 g/mol. The third-order valence-electron chi connectivity index (χ3n) is 3.00. The number of nitro groups is 1. The van der Waals surface area contributed by atoms with Gasteiger partial charge in [0.05, 0.1) is 17.9 Å². The summed E-state index contributed by atoms with van der Waals surface area (Å²) in [6.45, 7) is 1.90. The van der Waals surface area contributed by atoms with E-state index < -0.39 is 4.92 Å². The van der Waals surface area contributed by atoms with Crippen molar-refractivity contribution in [2.75, 3.05) is 13.7 Å². The van der Waals surface area contributed by atoms with Gasteiger partial charge in [-0.3, -0.25) is 10.1 Å². The maximum atomic E-state index is 10.8. The second kappa shape index (κ2) is 7.39. The van der Waals surface area contributed by atoms with Gasteiger partial charge in [0, 0.05) is 43.2 Å². The summed E-state index contributed by atoms with van der Waals surface area (Å²) in [5, 5.41) is 13.8. The molecule has 0 unspecified atom stereocenters. The highest BCUT2D eigenvalue weighted by Gasteiger charge is 2.11. The molecule has 0 aliphatic rings. The van der Waals surface area contributed by atoms with Gasteiger partial charge in [0.25, 0.3) is 5.69 Å². The molecule has 0 fully saturated rings. The quantitative estimate of drug-likeness (QED) is 0.456. The van der Waals surface area contributed by atoms with E-state index >= 15 is 0 Å². The first kappa shape index (κ1) is 15.0. The lowest BCUT2D eigenvalue weighted by molar-refractivity contribution is -0.384. The highest BCUT2D eigenvalue weighted by molar-refractivity contribution is 5.43. The normalized spacial score (nSPS) is 10.5. The second-order valence-corrected chi connectivity index (χ2v) is 4.58. The number of rotatable bonds is 8. The van der Waals surface area contributed by atoms with Crippen LogP contribution in [-0.4, -0.2) is 28.1 Å². The fourth-order valence-corrected chi connectivity index (χ4v) is 2.00. The van der Waals surface area contributed by atoms with Crippen molar-refractivity contribution in [3.8, 4) is 5.75 Å². The number of nitrogens with zero attached hydrogens (tertiary/aromatic N) is 3. The van der Waals surface area contributed by atoms with Crippen molar-refractivity contribution in [1.82, 2.24) is 14.9 Å². The molecule has 0 spiro atoms. The van der Waals surface area contributed by atoms with E-state index in [2.05, 4.69) is 10.3 Å².